The van der Waals surface area contributed by atoms with E-state index in [0.29, 0.717) is 5.95 Å². The lowest BCUT2D eigenvalue weighted by Crippen LogP contribution is -2.43. The molecular weight excluding hydrogens is 372 g/mol. The van der Waals surface area contributed by atoms with Crippen LogP contribution in [-0.2, 0) is 6.42 Å². The molecule has 0 radical (unpaired) electrons. The quantitative estimate of drug-likeness (QED) is 0.650. The molecule has 0 saturated carbocycles. The van der Waals surface area contributed by atoms with Gasteiger partial charge in [-0.25, -0.2) is 4.98 Å². The van der Waals surface area contributed by atoms with E-state index in [4.69, 9.17) is 21.6 Å². The second kappa shape index (κ2) is 8.76. The van der Waals surface area contributed by atoms with Crippen molar-refractivity contribution in [2.75, 3.05) is 29.9 Å². The van der Waals surface area contributed by atoms with E-state index in [1.165, 1.54) is 0 Å². The first-order chi connectivity index (χ1) is 13.8. The Kier molecular flexibility index (Phi) is 5.93. The number of aliphatic hydroxyl groups excluding tert-OH is 1. The van der Waals surface area contributed by atoms with Gasteiger partial charge < -0.3 is 15.3 Å². The summed E-state index contributed by atoms with van der Waals surface area (Å²) in [6.07, 6.45) is 4.03. The summed E-state index contributed by atoms with van der Waals surface area (Å²) in [4.78, 5) is 11.8. The number of halogens is 1. The van der Waals surface area contributed by atoms with Crippen molar-refractivity contribution in [2.45, 2.75) is 31.7 Å². The van der Waals surface area contributed by atoms with E-state index in [2.05, 4.69) is 10.2 Å². The summed E-state index contributed by atoms with van der Waals surface area (Å²) in [6.45, 7) is 1.74. The molecule has 1 atom stereocenters. The molecule has 2 heterocycles. The molecule has 4 rings (SSSR count). The standard InChI is InChI=1S/C22H25ClN4O/c23-19-10-3-1-7-16(19)12-13-24-21-18-9-2-4-11-20(18)25-22(26-21)27-14-6-5-8-17(27)15-28/h1-4,7,9-11,17,28H,5-6,8,12-15H2,(H,24,25,26). The number of benzene rings is 2. The van der Waals surface area contributed by atoms with Crippen molar-refractivity contribution >= 4 is 34.3 Å². The van der Waals surface area contributed by atoms with Crippen LogP contribution < -0.4 is 10.2 Å². The average Bonchev–Trinajstić information content (AvgIpc) is 2.75. The highest BCUT2D eigenvalue weighted by molar-refractivity contribution is 6.31. The van der Waals surface area contributed by atoms with Crippen molar-refractivity contribution in [1.82, 2.24) is 9.97 Å². The van der Waals surface area contributed by atoms with E-state index in [0.717, 1.165) is 66.1 Å². The van der Waals surface area contributed by atoms with Crippen LogP contribution in [0.25, 0.3) is 10.9 Å². The van der Waals surface area contributed by atoms with Crippen molar-refractivity contribution in [1.29, 1.82) is 0 Å². The Balaban J connectivity index is 1.60. The monoisotopic (exact) mass is 396 g/mol. The Morgan fingerprint density at radius 2 is 1.89 bits per heavy atom. The lowest BCUT2D eigenvalue weighted by Gasteiger charge is -2.34. The van der Waals surface area contributed by atoms with Gasteiger partial charge in [0.2, 0.25) is 5.95 Å². The van der Waals surface area contributed by atoms with E-state index in [9.17, 15) is 5.11 Å². The summed E-state index contributed by atoms with van der Waals surface area (Å²) in [6, 6.07) is 16.0. The molecule has 1 unspecified atom stereocenters. The van der Waals surface area contributed by atoms with Gasteiger partial charge in [0, 0.05) is 23.5 Å². The molecule has 146 valence electrons. The summed E-state index contributed by atoms with van der Waals surface area (Å²) >= 11 is 6.28. The third-order valence-corrected chi connectivity index (χ3v) is 5.70. The second-order valence-corrected chi connectivity index (χ2v) is 7.59. The maximum absolute atomic E-state index is 9.77. The Bertz CT molecular complexity index is 949. The molecule has 1 aromatic heterocycles. The fourth-order valence-electron chi connectivity index (χ4n) is 3.80. The number of para-hydroxylation sites is 1. The minimum Gasteiger partial charge on any atom is -0.394 e. The summed E-state index contributed by atoms with van der Waals surface area (Å²) in [5.74, 6) is 1.52. The molecule has 3 aromatic rings. The van der Waals surface area contributed by atoms with Crippen LogP contribution in [0.15, 0.2) is 48.5 Å². The Morgan fingerprint density at radius 1 is 1.07 bits per heavy atom. The molecule has 5 nitrogen and oxygen atoms in total. The van der Waals surface area contributed by atoms with Gasteiger partial charge in [0.05, 0.1) is 18.2 Å². The predicted molar refractivity (Wildman–Crippen MR) is 115 cm³/mol. The van der Waals surface area contributed by atoms with Crippen molar-refractivity contribution in [2.24, 2.45) is 0 Å². The predicted octanol–water partition coefficient (Wildman–Crippen LogP) is 4.29. The van der Waals surface area contributed by atoms with E-state index in [-0.39, 0.29) is 12.6 Å². The Hall–Kier alpha value is -2.37. The summed E-state index contributed by atoms with van der Waals surface area (Å²) in [5.41, 5.74) is 2.03. The number of aliphatic hydroxyl groups is 1. The van der Waals surface area contributed by atoms with Crippen LogP contribution in [0.1, 0.15) is 24.8 Å². The minimum absolute atomic E-state index is 0.0888. The fourth-order valence-corrected chi connectivity index (χ4v) is 4.03. The number of aromatic nitrogens is 2. The third kappa shape index (κ3) is 4.05. The first kappa shape index (κ1) is 19.0. The van der Waals surface area contributed by atoms with Gasteiger partial charge in [-0.15, -0.1) is 0 Å². The van der Waals surface area contributed by atoms with E-state index >= 15 is 0 Å². The number of hydrogen-bond acceptors (Lipinski definition) is 5. The number of piperidine rings is 1. The van der Waals surface area contributed by atoms with Crippen LogP contribution >= 0.6 is 11.6 Å². The fraction of sp³-hybridized carbons (Fsp3) is 0.364. The molecule has 1 fully saturated rings. The maximum atomic E-state index is 9.77. The Morgan fingerprint density at radius 3 is 2.75 bits per heavy atom. The Labute approximate surface area is 170 Å². The van der Waals surface area contributed by atoms with Gasteiger partial charge in [-0.2, -0.15) is 4.98 Å². The number of hydrogen-bond donors (Lipinski definition) is 2. The van der Waals surface area contributed by atoms with Crippen LogP contribution in [0, 0.1) is 0 Å². The molecule has 28 heavy (non-hydrogen) atoms. The van der Waals surface area contributed by atoms with Gasteiger partial charge in [-0.1, -0.05) is 41.9 Å². The number of nitrogens with one attached hydrogen (secondary N) is 1. The van der Waals surface area contributed by atoms with E-state index in [1.54, 1.807) is 0 Å². The maximum Gasteiger partial charge on any atom is 0.228 e. The lowest BCUT2D eigenvalue weighted by atomic mass is 10.0. The second-order valence-electron chi connectivity index (χ2n) is 7.18. The number of rotatable bonds is 6. The molecule has 0 aliphatic carbocycles. The minimum atomic E-state index is 0.0888. The first-order valence-electron chi connectivity index (χ1n) is 9.88. The summed E-state index contributed by atoms with van der Waals surface area (Å²) in [5, 5.41) is 15.0. The van der Waals surface area contributed by atoms with Gasteiger partial charge >= 0.3 is 0 Å². The van der Waals surface area contributed by atoms with Crippen LogP contribution in [0.5, 0.6) is 0 Å². The van der Waals surface area contributed by atoms with Crippen molar-refractivity contribution in [3.05, 3.63) is 59.1 Å². The molecule has 1 aliphatic heterocycles. The molecule has 2 N–H and O–H groups in total. The summed E-state index contributed by atoms with van der Waals surface area (Å²) in [7, 11) is 0. The highest BCUT2D eigenvalue weighted by Crippen LogP contribution is 2.27. The first-order valence-corrected chi connectivity index (χ1v) is 10.3. The number of fused-ring (bicyclic) bond motifs is 1. The topological polar surface area (TPSA) is 61.3 Å². The molecule has 0 amide bonds. The van der Waals surface area contributed by atoms with Gasteiger partial charge in [0.1, 0.15) is 5.82 Å². The van der Waals surface area contributed by atoms with Crippen LogP contribution in [0.2, 0.25) is 5.02 Å². The largest absolute Gasteiger partial charge is 0.394 e. The smallest absolute Gasteiger partial charge is 0.228 e. The van der Waals surface area contributed by atoms with E-state index < -0.39 is 0 Å². The van der Waals surface area contributed by atoms with Crippen molar-refractivity contribution in [3.63, 3.8) is 0 Å². The van der Waals surface area contributed by atoms with Crippen molar-refractivity contribution in [3.8, 4) is 0 Å². The van der Waals surface area contributed by atoms with Gasteiger partial charge in [0.15, 0.2) is 0 Å². The van der Waals surface area contributed by atoms with E-state index in [1.807, 2.05) is 48.5 Å². The normalized spacial score (nSPS) is 17.1. The molecule has 2 aromatic carbocycles. The number of nitrogens with zero attached hydrogens (tertiary/aromatic N) is 3. The van der Waals surface area contributed by atoms with Crippen molar-refractivity contribution < 1.29 is 5.11 Å². The zero-order valence-corrected chi connectivity index (χ0v) is 16.6. The molecule has 1 saturated heterocycles. The highest BCUT2D eigenvalue weighted by Gasteiger charge is 2.24. The highest BCUT2D eigenvalue weighted by atomic mass is 35.5. The zero-order valence-electron chi connectivity index (χ0n) is 15.8. The number of anilines is 2. The zero-order chi connectivity index (χ0) is 19.3. The van der Waals surface area contributed by atoms with Crippen LogP contribution in [0.4, 0.5) is 11.8 Å². The average molecular weight is 397 g/mol. The van der Waals surface area contributed by atoms with Gasteiger partial charge in [-0.05, 0) is 49.4 Å². The molecule has 6 heteroatoms. The third-order valence-electron chi connectivity index (χ3n) is 5.33. The molecule has 0 bridgehead atoms. The lowest BCUT2D eigenvalue weighted by molar-refractivity contribution is 0.239. The molecule has 0 spiro atoms. The molecular formula is C22H25ClN4O. The van der Waals surface area contributed by atoms with Crippen LogP contribution in [0.3, 0.4) is 0 Å². The van der Waals surface area contributed by atoms with Crippen LogP contribution in [-0.4, -0.2) is 40.8 Å². The molecule has 1 aliphatic rings. The SMILES string of the molecule is OCC1CCCCN1c1nc(NCCc2ccccc2Cl)c2ccccc2n1. The summed E-state index contributed by atoms with van der Waals surface area (Å²) < 4.78 is 0. The van der Waals surface area contributed by atoms with Gasteiger partial charge in [0.25, 0.3) is 0 Å². The van der Waals surface area contributed by atoms with Gasteiger partial charge in [-0.3, -0.25) is 0 Å².